The molecule has 1 aliphatic carbocycles. The van der Waals surface area contributed by atoms with Gasteiger partial charge in [-0.15, -0.1) is 0 Å². The van der Waals surface area contributed by atoms with Gasteiger partial charge in [-0.05, 0) is 44.2 Å². The molecule has 1 N–H and O–H groups in total. The monoisotopic (exact) mass is 402 g/mol. The van der Waals surface area contributed by atoms with E-state index in [9.17, 15) is 4.79 Å². The maximum Gasteiger partial charge on any atom is 0.172 e. The molecule has 0 radical (unpaired) electrons. The largest absolute Gasteiger partial charge is 0.372 e. The van der Waals surface area contributed by atoms with Gasteiger partial charge in [0.1, 0.15) is 5.52 Å². The first-order valence-corrected chi connectivity index (χ1v) is 11.4. The summed E-state index contributed by atoms with van der Waals surface area (Å²) < 4.78 is 0. The molecular formula is C25H30N4O. The molecule has 1 aromatic carbocycles. The van der Waals surface area contributed by atoms with Crippen LogP contribution in [0.5, 0.6) is 0 Å². The molecule has 30 heavy (non-hydrogen) atoms. The number of carbonyl (C=O) groups excluding carboxylic acids is 1. The van der Waals surface area contributed by atoms with Gasteiger partial charge in [-0.2, -0.15) is 0 Å². The first-order valence-electron chi connectivity index (χ1n) is 11.4. The fourth-order valence-electron chi connectivity index (χ4n) is 5.08. The van der Waals surface area contributed by atoms with E-state index in [2.05, 4.69) is 46.1 Å². The number of carbonyl (C=O) groups is 1. The Bertz CT molecular complexity index is 1040. The van der Waals surface area contributed by atoms with Crippen LogP contribution in [-0.2, 0) is 0 Å². The van der Waals surface area contributed by atoms with E-state index >= 15 is 0 Å². The molecule has 0 unspecified atom stereocenters. The first kappa shape index (κ1) is 19.3. The normalized spacial score (nSPS) is 19.2. The summed E-state index contributed by atoms with van der Waals surface area (Å²) >= 11 is 0. The number of ketones is 1. The van der Waals surface area contributed by atoms with Crippen molar-refractivity contribution >= 4 is 22.6 Å². The van der Waals surface area contributed by atoms with Crippen molar-refractivity contribution in [3.63, 3.8) is 0 Å². The number of aromatic amines is 1. The van der Waals surface area contributed by atoms with Crippen molar-refractivity contribution in [2.24, 2.45) is 5.41 Å². The summed E-state index contributed by atoms with van der Waals surface area (Å²) in [6.07, 6.45) is 12.9. The molecule has 3 heterocycles. The lowest BCUT2D eigenvalue weighted by molar-refractivity contribution is 0.0751. The third-order valence-electron chi connectivity index (χ3n) is 7.02. The molecule has 1 saturated carbocycles. The summed E-state index contributed by atoms with van der Waals surface area (Å²) in [4.78, 5) is 28.4. The van der Waals surface area contributed by atoms with E-state index in [1.165, 1.54) is 31.4 Å². The Morgan fingerprint density at radius 3 is 2.43 bits per heavy atom. The molecule has 2 aromatic heterocycles. The lowest BCUT2D eigenvalue weighted by Crippen LogP contribution is -2.30. The van der Waals surface area contributed by atoms with Gasteiger partial charge in [0.2, 0.25) is 0 Å². The van der Waals surface area contributed by atoms with Crippen molar-refractivity contribution in [3.8, 4) is 11.3 Å². The third kappa shape index (κ3) is 3.51. The Balaban J connectivity index is 1.44. The SMILES string of the molecule is CC1(C(=O)c2c[nH]c3ncc(-c4ccc(N5CCCCC5)cc4)nc23)CCCCC1. The fourth-order valence-corrected chi connectivity index (χ4v) is 5.08. The Morgan fingerprint density at radius 1 is 1.00 bits per heavy atom. The first-order chi connectivity index (χ1) is 14.6. The molecule has 3 aromatic rings. The molecule has 1 aliphatic heterocycles. The minimum Gasteiger partial charge on any atom is -0.372 e. The van der Waals surface area contributed by atoms with Crippen LogP contribution in [0.1, 0.15) is 68.6 Å². The summed E-state index contributed by atoms with van der Waals surface area (Å²) in [5, 5.41) is 0. The molecular weight excluding hydrogens is 372 g/mol. The molecule has 156 valence electrons. The number of fused-ring (bicyclic) bond motifs is 1. The minimum atomic E-state index is -0.277. The van der Waals surface area contributed by atoms with Gasteiger partial charge >= 0.3 is 0 Å². The van der Waals surface area contributed by atoms with Crippen molar-refractivity contribution in [1.29, 1.82) is 0 Å². The third-order valence-corrected chi connectivity index (χ3v) is 7.02. The maximum atomic E-state index is 13.4. The van der Waals surface area contributed by atoms with Crippen LogP contribution < -0.4 is 4.90 Å². The fraction of sp³-hybridized carbons (Fsp3) is 0.480. The molecule has 5 nitrogen and oxygen atoms in total. The highest BCUT2D eigenvalue weighted by molar-refractivity contribution is 6.08. The molecule has 0 atom stereocenters. The molecule has 5 rings (SSSR count). The molecule has 1 saturated heterocycles. The Labute approximate surface area is 177 Å². The molecule has 2 aliphatic rings. The number of nitrogens with one attached hydrogen (secondary N) is 1. The van der Waals surface area contributed by atoms with Crippen LogP contribution in [0.25, 0.3) is 22.4 Å². The van der Waals surface area contributed by atoms with Crippen LogP contribution >= 0.6 is 0 Å². The van der Waals surface area contributed by atoms with Crippen LogP contribution in [0.15, 0.2) is 36.7 Å². The van der Waals surface area contributed by atoms with E-state index in [-0.39, 0.29) is 11.2 Å². The zero-order chi connectivity index (χ0) is 20.6. The van der Waals surface area contributed by atoms with Crippen LogP contribution in [0.4, 0.5) is 5.69 Å². The van der Waals surface area contributed by atoms with E-state index in [0.717, 1.165) is 50.0 Å². The summed E-state index contributed by atoms with van der Waals surface area (Å²) in [6, 6.07) is 8.60. The average molecular weight is 403 g/mol. The minimum absolute atomic E-state index is 0.209. The number of benzene rings is 1. The zero-order valence-corrected chi connectivity index (χ0v) is 17.8. The second-order valence-electron chi connectivity index (χ2n) is 9.20. The Morgan fingerprint density at radius 2 is 1.70 bits per heavy atom. The van der Waals surface area contributed by atoms with Crippen LogP contribution in [0.3, 0.4) is 0 Å². The summed E-state index contributed by atoms with van der Waals surface area (Å²) in [5.74, 6) is 0.209. The smallest absolute Gasteiger partial charge is 0.172 e. The van der Waals surface area contributed by atoms with Gasteiger partial charge in [0.15, 0.2) is 11.4 Å². The summed E-state index contributed by atoms with van der Waals surface area (Å²) in [7, 11) is 0. The number of hydrogen-bond acceptors (Lipinski definition) is 4. The predicted molar refractivity (Wildman–Crippen MR) is 121 cm³/mol. The Hall–Kier alpha value is -2.69. The quantitative estimate of drug-likeness (QED) is 0.563. The molecule has 2 fully saturated rings. The van der Waals surface area contributed by atoms with Gasteiger partial charge in [0, 0.05) is 36.0 Å². The van der Waals surface area contributed by atoms with Gasteiger partial charge < -0.3 is 9.88 Å². The van der Waals surface area contributed by atoms with Crippen molar-refractivity contribution < 1.29 is 4.79 Å². The topological polar surface area (TPSA) is 61.9 Å². The van der Waals surface area contributed by atoms with Gasteiger partial charge in [-0.25, -0.2) is 9.97 Å². The van der Waals surface area contributed by atoms with E-state index in [1.54, 1.807) is 12.4 Å². The molecule has 5 heteroatoms. The predicted octanol–water partition coefficient (Wildman–Crippen LogP) is 5.77. The van der Waals surface area contributed by atoms with E-state index < -0.39 is 0 Å². The zero-order valence-electron chi connectivity index (χ0n) is 17.8. The molecule has 0 amide bonds. The van der Waals surface area contributed by atoms with Gasteiger partial charge in [-0.1, -0.05) is 38.3 Å². The van der Waals surface area contributed by atoms with E-state index in [1.807, 2.05) is 0 Å². The second-order valence-corrected chi connectivity index (χ2v) is 9.20. The highest BCUT2D eigenvalue weighted by atomic mass is 16.1. The van der Waals surface area contributed by atoms with Gasteiger partial charge in [0.05, 0.1) is 17.5 Å². The lowest BCUT2D eigenvalue weighted by atomic mass is 9.71. The summed E-state index contributed by atoms with van der Waals surface area (Å²) in [5.41, 5.74) is 4.92. The second kappa shape index (κ2) is 7.86. The van der Waals surface area contributed by atoms with Gasteiger partial charge in [-0.3, -0.25) is 4.79 Å². The van der Waals surface area contributed by atoms with Crippen LogP contribution in [0.2, 0.25) is 0 Å². The van der Waals surface area contributed by atoms with E-state index in [0.29, 0.717) is 16.7 Å². The molecule has 0 spiro atoms. The lowest BCUT2D eigenvalue weighted by Gasteiger charge is -2.31. The van der Waals surface area contributed by atoms with Crippen molar-refractivity contribution in [1.82, 2.24) is 15.0 Å². The number of rotatable bonds is 4. The number of anilines is 1. The average Bonchev–Trinajstić information content (AvgIpc) is 3.23. The number of Topliss-reactive ketones (excluding diaryl/α,β-unsaturated/α-hetero) is 1. The van der Waals surface area contributed by atoms with Crippen LogP contribution in [-0.4, -0.2) is 33.8 Å². The molecule has 0 bridgehead atoms. The highest BCUT2D eigenvalue weighted by Crippen LogP contribution is 2.39. The van der Waals surface area contributed by atoms with Gasteiger partial charge in [0.25, 0.3) is 0 Å². The number of H-pyrrole nitrogens is 1. The van der Waals surface area contributed by atoms with Crippen molar-refractivity contribution in [2.75, 3.05) is 18.0 Å². The number of hydrogen-bond donors (Lipinski definition) is 1. The number of nitrogens with zero attached hydrogens (tertiary/aromatic N) is 3. The standard InChI is InChI=1S/C25H30N4O/c1-25(12-4-2-5-13-25)23(30)20-16-26-24-22(20)28-21(17-27-24)18-8-10-19(11-9-18)29-14-6-3-7-15-29/h8-11,16-17H,2-7,12-15H2,1H3,(H,26,27). The van der Waals surface area contributed by atoms with Crippen molar-refractivity contribution in [3.05, 3.63) is 42.2 Å². The Kier molecular flexibility index (Phi) is 5.05. The number of aromatic nitrogens is 3. The maximum absolute atomic E-state index is 13.4. The van der Waals surface area contributed by atoms with Crippen LogP contribution in [0, 0.1) is 5.41 Å². The van der Waals surface area contributed by atoms with E-state index in [4.69, 9.17) is 4.98 Å². The summed E-state index contributed by atoms with van der Waals surface area (Å²) in [6.45, 7) is 4.39. The highest BCUT2D eigenvalue weighted by Gasteiger charge is 2.36. The number of piperidine rings is 1. The van der Waals surface area contributed by atoms with Crippen molar-refractivity contribution in [2.45, 2.75) is 58.3 Å².